The first-order chi connectivity index (χ1) is 10.8. The van der Waals surface area contributed by atoms with Crippen LogP contribution in [0.2, 0.25) is 0 Å². The summed E-state index contributed by atoms with van der Waals surface area (Å²) in [6, 6.07) is 0. The van der Waals surface area contributed by atoms with Crippen LogP contribution in [0.5, 0.6) is 0 Å². The molecule has 0 aromatic rings. The van der Waals surface area contributed by atoms with Crippen molar-refractivity contribution >= 4 is 17.7 Å². The fourth-order valence-electron chi connectivity index (χ4n) is 4.37. The number of nitrogens with zero attached hydrogens (tertiary/aromatic N) is 1. The zero-order valence-electron chi connectivity index (χ0n) is 14.7. The predicted octanol–water partition coefficient (Wildman–Crippen LogP) is 2.49. The van der Waals surface area contributed by atoms with Gasteiger partial charge in [0.15, 0.2) is 0 Å². The van der Waals surface area contributed by atoms with Crippen molar-refractivity contribution in [3.05, 3.63) is 0 Å². The molecule has 3 amide bonds. The molecule has 0 radical (unpaired) electrons. The molecule has 0 aromatic carbocycles. The lowest BCUT2D eigenvalue weighted by Gasteiger charge is -2.38. The molecule has 130 valence electrons. The van der Waals surface area contributed by atoms with E-state index in [0.717, 1.165) is 12.8 Å². The molecule has 2 fully saturated rings. The van der Waals surface area contributed by atoms with Gasteiger partial charge in [-0.1, -0.05) is 20.8 Å². The van der Waals surface area contributed by atoms with Gasteiger partial charge >= 0.3 is 0 Å². The Kier molecular flexibility index (Phi) is 5.82. The Hall–Kier alpha value is -1.39. The summed E-state index contributed by atoms with van der Waals surface area (Å²) < 4.78 is 0. The summed E-state index contributed by atoms with van der Waals surface area (Å²) >= 11 is 0. The van der Waals surface area contributed by atoms with Crippen molar-refractivity contribution in [2.24, 2.45) is 17.3 Å². The number of imide groups is 1. The molecule has 1 saturated heterocycles. The fraction of sp³-hybridized carbons (Fsp3) is 0.833. The van der Waals surface area contributed by atoms with E-state index >= 15 is 0 Å². The van der Waals surface area contributed by atoms with E-state index < -0.39 is 0 Å². The zero-order chi connectivity index (χ0) is 17.0. The maximum atomic E-state index is 12.1. The van der Waals surface area contributed by atoms with Gasteiger partial charge in [0.2, 0.25) is 17.7 Å². The maximum Gasteiger partial charge on any atom is 0.229 e. The second-order valence-corrected chi connectivity index (χ2v) is 8.13. The van der Waals surface area contributed by atoms with Crippen LogP contribution in [0.3, 0.4) is 0 Å². The highest BCUT2D eigenvalue weighted by Crippen LogP contribution is 2.42. The molecule has 2 aliphatic rings. The summed E-state index contributed by atoms with van der Waals surface area (Å²) in [6.07, 6.45) is 5.38. The van der Waals surface area contributed by atoms with Crippen molar-refractivity contribution in [2.45, 2.75) is 65.7 Å². The minimum absolute atomic E-state index is 0.0836. The van der Waals surface area contributed by atoms with Gasteiger partial charge in [-0.2, -0.15) is 0 Å². The van der Waals surface area contributed by atoms with Crippen LogP contribution in [0.4, 0.5) is 0 Å². The van der Waals surface area contributed by atoms with Crippen molar-refractivity contribution < 1.29 is 14.4 Å². The van der Waals surface area contributed by atoms with Crippen LogP contribution in [0.25, 0.3) is 0 Å². The average Bonchev–Trinajstić information content (AvgIpc) is 2.72. The summed E-state index contributed by atoms with van der Waals surface area (Å²) in [5, 5.41) is 2.94. The third-order valence-corrected chi connectivity index (χ3v) is 4.99. The molecule has 23 heavy (non-hydrogen) atoms. The normalized spacial score (nSPS) is 27.3. The summed E-state index contributed by atoms with van der Waals surface area (Å²) in [6.45, 7) is 7.80. The molecule has 5 nitrogen and oxygen atoms in total. The minimum Gasteiger partial charge on any atom is -0.356 e. The number of amides is 3. The lowest BCUT2D eigenvalue weighted by Crippen LogP contribution is -2.35. The van der Waals surface area contributed by atoms with Crippen LogP contribution >= 0.6 is 0 Å². The van der Waals surface area contributed by atoms with E-state index in [-0.39, 0.29) is 17.7 Å². The zero-order valence-corrected chi connectivity index (χ0v) is 14.7. The molecule has 2 atom stereocenters. The molecule has 0 spiro atoms. The van der Waals surface area contributed by atoms with E-state index in [1.165, 1.54) is 11.3 Å². The smallest absolute Gasteiger partial charge is 0.229 e. The van der Waals surface area contributed by atoms with Gasteiger partial charge < -0.3 is 5.32 Å². The summed E-state index contributed by atoms with van der Waals surface area (Å²) in [5.74, 6) is 1.08. The monoisotopic (exact) mass is 322 g/mol. The van der Waals surface area contributed by atoms with E-state index in [4.69, 9.17) is 0 Å². The number of carbonyl (C=O) groups excluding carboxylic acids is 3. The molecule has 2 unspecified atom stereocenters. The Morgan fingerprint density at radius 2 is 1.87 bits per heavy atom. The van der Waals surface area contributed by atoms with E-state index in [1.54, 1.807) is 0 Å². The number of rotatable bonds is 6. The molecule has 1 aliphatic carbocycles. The largest absolute Gasteiger partial charge is 0.356 e. The van der Waals surface area contributed by atoms with Crippen molar-refractivity contribution in [3.63, 3.8) is 0 Å². The highest BCUT2D eigenvalue weighted by Gasteiger charge is 2.33. The standard InChI is InChI=1S/C18H30N2O3/c1-13-9-14(12-18(2,3)11-13)10-15(21)19-7-4-8-20-16(22)5-6-17(20)23/h13-14H,4-12H2,1-3H3,(H,19,21). The number of hydrogen-bond acceptors (Lipinski definition) is 3. The number of likely N-dealkylation sites (tertiary alicyclic amines) is 1. The molecular formula is C18H30N2O3. The summed E-state index contributed by atoms with van der Waals surface area (Å²) in [4.78, 5) is 36.4. The molecule has 0 bridgehead atoms. The van der Waals surface area contributed by atoms with Crippen molar-refractivity contribution in [1.29, 1.82) is 0 Å². The lowest BCUT2D eigenvalue weighted by molar-refractivity contribution is -0.138. The van der Waals surface area contributed by atoms with Gasteiger partial charge in [-0.15, -0.1) is 0 Å². The van der Waals surface area contributed by atoms with Gasteiger partial charge in [0.05, 0.1) is 0 Å². The molecule has 0 aromatic heterocycles. The Bertz CT molecular complexity index is 457. The fourth-order valence-corrected chi connectivity index (χ4v) is 4.37. The summed E-state index contributed by atoms with van der Waals surface area (Å²) in [7, 11) is 0. The average molecular weight is 322 g/mol. The molecule has 1 heterocycles. The van der Waals surface area contributed by atoms with Crippen LogP contribution in [0, 0.1) is 17.3 Å². The molecule has 2 rings (SSSR count). The van der Waals surface area contributed by atoms with E-state index in [1.807, 2.05) is 0 Å². The third-order valence-electron chi connectivity index (χ3n) is 4.99. The first kappa shape index (κ1) is 18.0. The van der Waals surface area contributed by atoms with Gasteiger partial charge in [0, 0.05) is 32.4 Å². The minimum atomic E-state index is -0.0836. The van der Waals surface area contributed by atoms with Crippen molar-refractivity contribution in [2.75, 3.05) is 13.1 Å². The van der Waals surface area contributed by atoms with Crippen LogP contribution < -0.4 is 5.32 Å². The van der Waals surface area contributed by atoms with E-state index in [9.17, 15) is 14.4 Å². The number of nitrogens with one attached hydrogen (secondary N) is 1. The molecule has 1 N–H and O–H groups in total. The topological polar surface area (TPSA) is 66.5 Å². The van der Waals surface area contributed by atoms with E-state index in [2.05, 4.69) is 26.1 Å². The van der Waals surface area contributed by atoms with Crippen LogP contribution in [-0.2, 0) is 14.4 Å². The molecule has 1 aliphatic heterocycles. The highest BCUT2D eigenvalue weighted by molar-refractivity contribution is 6.01. The quantitative estimate of drug-likeness (QED) is 0.603. The molecular weight excluding hydrogens is 292 g/mol. The van der Waals surface area contributed by atoms with Crippen molar-refractivity contribution in [3.8, 4) is 0 Å². The van der Waals surface area contributed by atoms with Gasteiger partial charge in [-0.05, 0) is 42.9 Å². The Balaban J connectivity index is 1.65. The maximum absolute atomic E-state index is 12.1. The SMILES string of the molecule is CC1CC(CC(=O)NCCCN2C(=O)CCC2=O)CC(C)(C)C1. The third kappa shape index (κ3) is 5.33. The van der Waals surface area contributed by atoms with Crippen LogP contribution in [-0.4, -0.2) is 35.7 Å². The first-order valence-electron chi connectivity index (χ1n) is 8.87. The second-order valence-electron chi connectivity index (χ2n) is 8.13. The lowest BCUT2D eigenvalue weighted by atomic mass is 9.67. The summed E-state index contributed by atoms with van der Waals surface area (Å²) in [5.41, 5.74) is 0.332. The van der Waals surface area contributed by atoms with Gasteiger partial charge in [-0.3, -0.25) is 19.3 Å². The Labute approximate surface area is 139 Å². The van der Waals surface area contributed by atoms with Crippen LogP contribution in [0.1, 0.15) is 65.7 Å². The van der Waals surface area contributed by atoms with Gasteiger partial charge in [-0.25, -0.2) is 0 Å². The highest BCUT2D eigenvalue weighted by atomic mass is 16.2. The Morgan fingerprint density at radius 1 is 1.22 bits per heavy atom. The van der Waals surface area contributed by atoms with Crippen molar-refractivity contribution in [1.82, 2.24) is 10.2 Å². The van der Waals surface area contributed by atoms with Gasteiger partial charge in [0.1, 0.15) is 0 Å². The second kappa shape index (κ2) is 7.45. The molecule has 1 saturated carbocycles. The van der Waals surface area contributed by atoms with E-state index in [0.29, 0.717) is 56.0 Å². The van der Waals surface area contributed by atoms with Gasteiger partial charge in [0.25, 0.3) is 0 Å². The van der Waals surface area contributed by atoms with Crippen LogP contribution in [0.15, 0.2) is 0 Å². The first-order valence-corrected chi connectivity index (χ1v) is 8.87. The number of hydrogen-bond donors (Lipinski definition) is 1. The number of carbonyl (C=O) groups is 3. The predicted molar refractivity (Wildman–Crippen MR) is 88.5 cm³/mol. The molecule has 5 heteroatoms. The Morgan fingerprint density at radius 3 is 2.48 bits per heavy atom.